The number of rotatable bonds is 3. The maximum Gasteiger partial charge on any atom is 0.268 e. The van der Waals surface area contributed by atoms with E-state index in [-0.39, 0.29) is 27.7 Å². The number of pyridine rings is 2. The average Bonchev–Trinajstić information content (AvgIpc) is 3.04. The number of aromatic amines is 1. The van der Waals surface area contributed by atoms with Crippen LogP contribution >= 0.6 is 0 Å². The Hall–Kier alpha value is -3.81. The molecule has 0 aliphatic rings. The number of carbonyl (C=O) groups is 1. The first-order chi connectivity index (χ1) is 15.0. The molecule has 8 heteroatoms. The molecule has 0 radical (unpaired) electrons. The predicted molar refractivity (Wildman–Crippen MR) is 122 cm³/mol. The number of nitrogens with two attached hydrogens (primary N) is 1. The number of primary amides is 1. The summed E-state index contributed by atoms with van der Waals surface area (Å²) < 4.78 is 15.5. The van der Waals surface area contributed by atoms with Gasteiger partial charge >= 0.3 is 0 Å². The van der Waals surface area contributed by atoms with Crippen LogP contribution in [0.4, 0.5) is 4.39 Å². The largest absolute Gasteiger partial charge is 0.364 e. The monoisotopic (exact) mass is 433 g/mol. The molecule has 0 fully saturated rings. The molecule has 164 valence electrons. The van der Waals surface area contributed by atoms with E-state index in [1.807, 2.05) is 13.8 Å². The van der Waals surface area contributed by atoms with E-state index in [1.165, 1.54) is 24.4 Å². The molecule has 0 unspecified atom stereocenters. The van der Waals surface area contributed by atoms with Crippen LogP contribution in [-0.2, 0) is 5.41 Å². The van der Waals surface area contributed by atoms with Gasteiger partial charge in [0.25, 0.3) is 5.91 Å². The third-order valence-electron chi connectivity index (χ3n) is 5.45. The minimum atomic E-state index is -0.771. The molecule has 1 amide bonds. The Kier molecular flexibility index (Phi) is 4.96. The molecule has 1 aromatic carbocycles. The predicted octanol–water partition coefficient (Wildman–Crippen LogP) is 3.93. The van der Waals surface area contributed by atoms with Crippen LogP contribution in [0.2, 0.25) is 0 Å². The number of amides is 1. The summed E-state index contributed by atoms with van der Waals surface area (Å²) in [5, 5.41) is 5.00. The lowest BCUT2D eigenvalue weighted by Crippen LogP contribution is -2.18. The highest BCUT2D eigenvalue weighted by molar-refractivity contribution is 6.03. The van der Waals surface area contributed by atoms with Crippen LogP contribution in [0, 0.1) is 19.7 Å². The van der Waals surface area contributed by atoms with Crippen molar-refractivity contribution in [1.82, 2.24) is 19.7 Å². The Labute approximate surface area is 184 Å². The third-order valence-corrected chi connectivity index (χ3v) is 5.45. The molecule has 0 saturated heterocycles. The Morgan fingerprint density at radius 3 is 2.50 bits per heavy atom. The average molecular weight is 433 g/mol. The summed E-state index contributed by atoms with van der Waals surface area (Å²) in [6.07, 6.45) is 1.43. The van der Waals surface area contributed by atoms with E-state index in [0.717, 1.165) is 11.3 Å². The van der Waals surface area contributed by atoms with Crippen LogP contribution in [-0.4, -0.2) is 25.7 Å². The van der Waals surface area contributed by atoms with Crippen LogP contribution in [0.25, 0.3) is 28.0 Å². The summed E-state index contributed by atoms with van der Waals surface area (Å²) >= 11 is 0. The zero-order valence-electron chi connectivity index (χ0n) is 18.6. The second-order valence-electron chi connectivity index (χ2n) is 8.91. The van der Waals surface area contributed by atoms with Gasteiger partial charge in [-0.2, -0.15) is 5.10 Å². The van der Waals surface area contributed by atoms with Gasteiger partial charge in [0, 0.05) is 23.2 Å². The van der Waals surface area contributed by atoms with Gasteiger partial charge in [-0.15, -0.1) is 0 Å². The van der Waals surface area contributed by atoms with Gasteiger partial charge < -0.3 is 10.7 Å². The molecule has 4 aromatic rings. The second-order valence-corrected chi connectivity index (χ2v) is 8.91. The Morgan fingerprint density at radius 1 is 1.16 bits per heavy atom. The molecule has 0 saturated carbocycles. The van der Waals surface area contributed by atoms with E-state index in [0.29, 0.717) is 28.2 Å². The van der Waals surface area contributed by atoms with E-state index < -0.39 is 5.91 Å². The molecule has 3 aromatic heterocycles. The van der Waals surface area contributed by atoms with Crippen LogP contribution in [0.1, 0.15) is 48.1 Å². The van der Waals surface area contributed by atoms with Gasteiger partial charge in [0.15, 0.2) is 5.43 Å². The Bertz CT molecular complexity index is 1440. The van der Waals surface area contributed by atoms with Crippen molar-refractivity contribution in [3.8, 4) is 17.1 Å². The fourth-order valence-corrected chi connectivity index (χ4v) is 4.07. The molecular weight excluding hydrogens is 409 g/mol. The minimum Gasteiger partial charge on any atom is -0.364 e. The number of aromatic nitrogens is 4. The second kappa shape index (κ2) is 7.40. The first kappa shape index (κ1) is 21.4. The van der Waals surface area contributed by atoms with Crippen molar-refractivity contribution < 1.29 is 9.18 Å². The number of hydrogen-bond acceptors (Lipinski definition) is 4. The summed E-state index contributed by atoms with van der Waals surface area (Å²) in [5.41, 5.74) is 9.47. The van der Waals surface area contributed by atoms with Crippen molar-refractivity contribution in [3.05, 3.63) is 75.1 Å². The summed E-state index contributed by atoms with van der Waals surface area (Å²) in [7, 11) is 0. The van der Waals surface area contributed by atoms with Gasteiger partial charge in [0.05, 0.1) is 33.7 Å². The van der Waals surface area contributed by atoms with Gasteiger partial charge in [-0.05, 0) is 43.7 Å². The van der Waals surface area contributed by atoms with Crippen molar-refractivity contribution in [2.24, 2.45) is 5.73 Å². The molecule has 0 bridgehead atoms. The third kappa shape index (κ3) is 3.47. The zero-order chi connectivity index (χ0) is 23.4. The topological polar surface area (TPSA) is 107 Å². The number of H-pyrrole nitrogens is 1. The molecule has 0 atom stereocenters. The molecule has 4 rings (SSSR count). The fourth-order valence-electron chi connectivity index (χ4n) is 4.07. The standard InChI is InChI=1S/C24H24FN5O2/c1-12-10-14(25)6-7-17(12)30-21(13(2)22(29-30)24(3,4)5)16-11-18(31)19-15(28-16)8-9-27-20(19)23(26)32/h6-11H,1-5H3,(H2,26,32)(H,28,31). The van der Waals surface area contributed by atoms with E-state index in [9.17, 15) is 14.0 Å². The van der Waals surface area contributed by atoms with Crippen LogP contribution < -0.4 is 11.2 Å². The molecule has 7 nitrogen and oxygen atoms in total. The van der Waals surface area contributed by atoms with Crippen molar-refractivity contribution in [2.75, 3.05) is 0 Å². The van der Waals surface area contributed by atoms with Gasteiger partial charge in [0.2, 0.25) is 0 Å². The lowest BCUT2D eigenvalue weighted by atomic mass is 9.89. The summed E-state index contributed by atoms with van der Waals surface area (Å²) in [4.78, 5) is 32.0. The van der Waals surface area contributed by atoms with Crippen LogP contribution in [0.3, 0.4) is 0 Å². The molecule has 3 N–H and O–H groups in total. The zero-order valence-corrected chi connectivity index (χ0v) is 18.6. The highest BCUT2D eigenvalue weighted by Gasteiger charge is 2.27. The molecule has 0 aliphatic carbocycles. The Morgan fingerprint density at radius 2 is 1.88 bits per heavy atom. The number of nitrogens with one attached hydrogen (secondary N) is 1. The summed E-state index contributed by atoms with van der Waals surface area (Å²) in [5.74, 6) is -1.11. The SMILES string of the molecule is Cc1cc(F)ccc1-n1nc(C(C)(C)C)c(C)c1-c1cc(=O)c2c(C(N)=O)nccc2[nH]1. The van der Waals surface area contributed by atoms with Gasteiger partial charge in [0.1, 0.15) is 11.5 Å². The maximum atomic E-state index is 13.8. The van der Waals surface area contributed by atoms with Crippen LogP contribution in [0.15, 0.2) is 41.3 Å². The smallest absolute Gasteiger partial charge is 0.268 e. The van der Waals surface area contributed by atoms with Gasteiger partial charge in [-0.1, -0.05) is 20.8 Å². The number of hydrogen-bond donors (Lipinski definition) is 2. The molecule has 0 aliphatic heterocycles. The fraction of sp³-hybridized carbons (Fsp3) is 0.250. The normalized spacial score (nSPS) is 11.8. The first-order valence-electron chi connectivity index (χ1n) is 10.2. The number of benzene rings is 1. The summed E-state index contributed by atoms with van der Waals surface area (Å²) in [6.45, 7) is 9.93. The maximum absolute atomic E-state index is 13.8. The number of halogens is 1. The number of aryl methyl sites for hydroxylation is 1. The van der Waals surface area contributed by atoms with Crippen molar-refractivity contribution in [1.29, 1.82) is 0 Å². The molecule has 0 spiro atoms. The molecule has 3 heterocycles. The minimum absolute atomic E-state index is 0.0784. The first-order valence-corrected chi connectivity index (χ1v) is 10.2. The van der Waals surface area contributed by atoms with E-state index in [2.05, 4.69) is 30.7 Å². The van der Waals surface area contributed by atoms with Gasteiger partial charge in [-0.3, -0.25) is 14.6 Å². The lowest BCUT2D eigenvalue weighted by Gasteiger charge is -2.16. The highest BCUT2D eigenvalue weighted by atomic mass is 19.1. The number of carbonyl (C=O) groups excluding carboxylic acids is 1. The quantitative estimate of drug-likeness (QED) is 0.510. The summed E-state index contributed by atoms with van der Waals surface area (Å²) in [6, 6.07) is 7.54. The highest BCUT2D eigenvalue weighted by Crippen LogP contribution is 2.34. The van der Waals surface area contributed by atoms with Crippen molar-refractivity contribution in [2.45, 2.75) is 40.0 Å². The Balaban J connectivity index is 2.08. The number of nitrogens with zero attached hydrogens (tertiary/aromatic N) is 3. The van der Waals surface area contributed by atoms with Crippen LogP contribution in [0.5, 0.6) is 0 Å². The van der Waals surface area contributed by atoms with Crippen molar-refractivity contribution >= 4 is 16.8 Å². The van der Waals surface area contributed by atoms with Gasteiger partial charge in [-0.25, -0.2) is 9.07 Å². The number of fused-ring (bicyclic) bond motifs is 1. The molecular formula is C24H24FN5O2. The van der Waals surface area contributed by atoms with E-state index in [4.69, 9.17) is 10.8 Å². The lowest BCUT2D eigenvalue weighted by molar-refractivity contribution is 0.0997. The van der Waals surface area contributed by atoms with Crippen molar-refractivity contribution in [3.63, 3.8) is 0 Å². The van der Waals surface area contributed by atoms with E-state index in [1.54, 1.807) is 16.8 Å². The van der Waals surface area contributed by atoms with E-state index >= 15 is 0 Å². The molecule has 32 heavy (non-hydrogen) atoms.